The van der Waals surface area contributed by atoms with Crippen LogP contribution in [0.15, 0.2) is 99.0 Å². The Kier molecular flexibility index (Phi) is 8.37. The number of benzene rings is 4. The molecule has 206 valence electrons. The minimum absolute atomic E-state index is 0.282. The molecule has 1 heterocycles. The second-order valence-corrected chi connectivity index (χ2v) is 11.4. The molecule has 5 rings (SSSR count). The van der Waals surface area contributed by atoms with E-state index in [1.54, 1.807) is 30.3 Å². The number of halogens is 2. The highest BCUT2D eigenvalue weighted by molar-refractivity contribution is 9.11. The Labute approximate surface area is 254 Å². The van der Waals surface area contributed by atoms with E-state index < -0.39 is 11.9 Å². The van der Waals surface area contributed by atoms with Gasteiger partial charge >= 0.3 is 5.97 Å². The normalized spacial score (nSPS) is 11.1. The first-order valence-corrected chi connectivity index (χ1v) is 14.3. The Hall–Kier alpha value is -4.21. The zero-order valence-electron chi connectivity index (χ0n) is 22.5. The largest absolute Gasteiger partial charge is 0.421 e. The van der Waals surface area contributed by atoms with Crippen LogP contribution in [-0.4, -0.2) is 37.2 Å². The van der Waals surface area contributed by atoms with Crippen LogP contribution in [0, 0.1) is 6.92 Å². The Balaban J connectivity index is 1.45. The Bertz CT molecular complexity index is 1800. The number of nitrogens with zero attached hydrogens (tertiary/aromatic N) is 2. The van der Waals surface area contributed by atoms with Crippen LogP contribution in [0.25, 0.3) is 22.0 Å². The van der Waals surface area contributed by atoms with E-state index in [4.69, 9.17) is 4.74 Å². The van der Waals surface area contributed by atoms with E-state index in [2.05, 4.69) is 53.4 Å². The summed E-state index contributed by atoms with van der Waals surface area (Å²) in [4.78, 5) is 31.6. The third-order valence-electron chi connectivity index (χ3n) is 6.44. The van der Waals surface area contributed by atoms with Gasteiger partial charge in [-0.3, -0.25) is 4.79 Å². The molecule has 4 aromatic carbocycles. The smallest absolute Gasteiger partial charge is 0.343 e. The molecule has 0 aliphatic heterocycles. The number of aryl methyl sites for hydroxylation is 1. The van der Waals surface area contributed by atoms with Crippen LogP contribution in [-0.2, 0) is 0 Å². The lowest BCUT2D eigenvalue weighted by molar-refractivity contribution is 0.0732. The summed E-state index contributed by atoms with van der Waals surface area (Å²) in [5.41, 5.74) is 8.44. The molecule has 7 nitrogen and oxygen atoms in total. The Morgan fingerprint density at radius 1 is 0.951 bits per heavy atom. The van der Waals surface area contributed by atoms with Crippen molar-refractivity contribution >= 4 is 66.5 Å². The number of ether oxygens (including phenoxy) is 1. The number of carbonyl (C=O) groups is 2. The maximum atomic E-state index is 13.5. The van der Waals surface area contributed by atoms with Crippen molar-refractivity contribution in [2.75, 3.05) is 19.0 Å². The molecule has 0 unspecified atom stereocenters. The molecule has 0 saturated heterocycles. The monoisotopic (exact) mass is 672 g/mol. The van der Waals surface area contributed by atoms with Gasteiger partial charge in [0.2, 0.25) is 0 Å². The molecule has 0 aliphatic rings. The molecular formula is C32H26Br2N4O3. The quantitative estimate of drug-likeness (QED) is 0.0802. The van der Waals surface area contributed by atoms with Crippen LogP contribution in [0.1, 0.15) is 32.0 Å². The second-order valence-electron chi connectivity index (χ2n) is 9.63. The van der Waals surface area contributed by atoms with Gasteiger partial charge in [0.25, 0.3) is 5.91 Å². The molecule has 1 aromatic heterocycles. The maximum Gasteiger partial charge on any atom is 0.343 e. The number of amides is 1. The first-order chi connectivity index (χ1) is 19.7. The number of fused-ring (bicyclic) bond motifs is 1. The van der Waals surface area contributed by atoms with E-state index >= 15 is 0 Å². The van der Waals surface area contributed by atoms with Crippen molar-refractivity contribution in [3.63, 3.8) is 0 Å². The lowest BCUT2D eigenvalue weighted by Gasteiger charge is -2.12. The number of hydrazone groups is 1. The van der Waals surface area contributed by atoms with Crippen LogP contribution in [0.3, 0.4) is 0 Å². The van der Waals surface area contributed by atoms with Crippen molar-refractivity contribution in [1.82, 2.24) is 10.4 Å². The fourth-order valence-electron chi connectivity index (χ4n) is 4.46. The molecule has 9 heteroatoms. The minimum atomic E-state index is -0.502. The highest BCUT2D eigenvalue weighted by Crippen LogP contribution is 2.35. The lowest BCUT2D eigenvalue weighted by Crippen LogP contribution is -2.19. The molecule has 0 fully saturated rings. The highest BCUT2D eigenvalue weighted by atomic mass is 79.9. The lowest BCUT2D eigenvalue weighted by atomic mass is 10.0. The number of nitrogens with one attached hydrogen (secondary N) is 2. The molecule has 2 N–H and O–H groups in total. The van der Waals surface area contributed by atoms with Gasteiger partial charge in [0.1, 0.15) is 5.69 Å². The summed E-state index contributed by atoms with van der Waals surface area (Å²) < 4.78 is 7.04. The molecule has 41 heavy (non-hydrogen) atoms. The third kappa shape index (κ3) is 6.26. The first kappa shape index (κ1) is 28.3. The fourth-order valence-corrected chi connectivity index (χ4v) is 5.80. The molecule has 1 amide bonds. The van der Waals surface area contributed by atoms with Gasteiger partial charge in [-0.15, -0.1) is 0 Å². The molecule has 0 bridgehead atoms. The van der Waals surface area contributed by atoms with E-state index in [1.807, 2.05) is 74.4 Å². The summed E-state index contributed by atoms with van der Waals surface area (Å²) in [5.74, 6) is -0.627. The summed E-state index contributed by atoms with van der Waals surface area (Å²) in [6.45, 7) is 1.91. The topological polar surface area (TPSA) is 86.8 Å². The van der Waals surface area contributed by atoms with E-state index in [-0.39, 0.29) is 5.75 Å². The fraction of sp³-hybridized carbons (Fsp3) is 0.0938. The number of hydrogen-bond donors (Lipinski definition) is 2. The molecule has 0 saturated carbocycles. The predicted molar refractivity (Wildman–Crippen MR) is 171 cm³/mol. The van der Waals surface area contributed by atoms with Crippen molar-refractivity contribution in [3.05, 3.63) is 116 Å². The van der Waals surface area contributed by atoms with Crippen LogP contribution < -0.4 is 15.1 Å². The first-order valence-electron chi connectivity index (χ1n) is 12.7. The Morgan fingerprint density at radius 2 is 1.73 bits per heavy atom. The van der Waals surface area contributed by atoms with Crippen molar-refractivity contribution in [2.45, 2.75) is 6.92 Å². The van der Waals surface area contributed by atoms with Gasteiger partial charge in [-0.2, -0.15) is 5.10 Å². The standard InChI is InChI=1S/C32H26Br2N4O3/c1-19-8-7-11-21(14-19)32(40)41-30-22(15-23(33)16-26(30)34)18-35-37-31(39)29-28(20-9-5-4-6-10-20)25-17-24(38(2)3)12-13-27(25)36-29/h4-18,36H,1-3H3,(H,37,39). The van der Waals surface area contributed by atoms with Gasteiger partial charge in [-0.1, -0.05) is 64.0 Å². The second kappa shape index (κ2) is 12.1. The summed E-state index contributed by atoms with van der Waals surface area (Å²) in [6.07, 6.45) is 1.45. The minimum Gasteiger partial charge on any atom is -0.421 e. The van der Waals surface area contributed by atoms with Gasteiger partial charge in [0.15, 0.2) is 5.75 Å². The highest BCUT2D eigenvalue weighted by Gasteiger charge is 2.20. The number of anilines is 1. The molecule has 0 radical (unpaired) electrons. The van der Waals surface area contributed by atoms with Crippen LogP contribution in [0.4, 0.5) is 5.69 Å². The zero-order valence-corrected chi connectivity index (χ0v) is 25.7. The SMILES string of the molecule is Cc1cccc(C(=O)Oc2c(Br)cc(Br)cc2C=NNC(=O)c2[nH]c3ccc(N(C)C)cc3c2-c2ccccc2)c1. The summed E-state index contributed by atoms with van der Waals surface area (Å²) >= 11 is 6.95. The summed E-state index contributed by atoms with van der Waals surface area (Å²) in [7, 11) is 3.95. The van der Waals surface area contributed by atoms with Gasteiger partial charge in [-0.25, -0.2) is 10.2 Å². The van der Waals surface area contributed by atoms with Crippen molar-refractivity contribution in [3.8, 4) is 16.9 Å². The van der Waals surface area contributed by atoms with Crippen molar-refractivity contribution in [2.24, 2.45) is 5.10 Å². The van der Waals surface area contributed by atoms with Crippen LogP contribution in [0.2, 0.25) is 0 Å². The molecular weight excluding hydrogens is 648 g/mol. The van der Waals surface area contributed by atoms with Gasteiger partial charge in [-0.05, 0) is 70.9 Å². The summed E-state index contributed by atoms with van der Waals surface area (Å²) in [6, 6.07) is 26.5. The van der Waals surface area contributed by atoms with Gasteiger partial charge < -0.3 is 14.6 Å². The average Bonchev–Trinajstić information content (AvgIpc) is 3.34. The number of H-pyrrole nitrogens is 1. The van der Waals surface area contributed by atoms with E-state index in [0.29, 0.717) is 21.3 Å². The number of aromatic nitrogens is 1. The molecule has 0 spiro atoms. The Morgan fingerprint density at radius 3 is 2.46 bits per heavy atom. The van der Waals surface area contributed by atoms with Crippen LogP contribution in [0.5, 0.6) is 5.75 Å². The van der Waals surface area contributed by atoms with E-state index in [1.165, 1.54) is 6.21 Å². The predicted octanol–water partition coefficient (Wildman–Crippen LogP) is 7.72. The van der Waals surface area contributed by atoms with Crippen LogP contribution >= 0.6 is 31.9 Å². The van der Waals surface area contributed by atoms with Crippen molar-refractivity contribution in [1.29, 1.82) is 0 Å². The maximum absolute atomic E-state index is 13.5. The summed E-state index contributed by atoms with van der Waals surface area (Å²) in [5, 5.41) is 5.15. The molecule has 0 aliphatic carbocycles. The van der Waals surface area contributed by atoms with Gasteiger partial charge in [0.05, 0.1) is 16.3 Å². The van der Waals surface area contributed by atoms with Crippen molar-refractivity contribution < 1.29 is 14.3 Å². The molecule has 5 aromatic rings. The number of esters is 1. The van der Waals surface area contributed by atoms with Gasteiger partial charge in [0, 0.05) is 46.3 Å². The van der Waals surface area contributed by atoms with E-state index in [0.717, 1.165) is 37.8 Å². The average molecular weight is 674 g/mol. The van der Waals surface area contributed by atoms with E-state index in [9.17, 15) is 9.59 Å². The molecule has 0 atom stereocenters. The zero-order chi connectivity index (χ0) is 29.1. The number of carbonyl (C=O) groups excluding carboxylic acids is 2. The number of hydrogen-bond acceptors (Lipinski definition) is 5. The third-order valence-corrected chi connectivity index (χ3v) is 7.49. The number of rotatable bonds is 7. The number of aromatic amines is 1.